The molecule has 0 aromatic heterocycles. The molecule has 0 atom stereocenters. The van der Waals surface area contributed by atoms with Crippen molar-refractivity contribution in [3.63, 3.8) is 0 Å². The van der Waals surface area contributed by atoms with E-state index < -0.39 is 0 Å². The molecule has 0 spiro atoms. The average molecular weight is 664 g/mol. The zero-order valence-corrected chi connectivity index (χ0v) is 29.4. The van der Waals surface area contributed by atoms with Gasteiger partial charge < -0.3 is 0 Å². The van der Waals surface area contributed by atoms with Gasteiger partial charge >= 0.3 is 0 Å². The SMILES string of the molecule is C=N/C(=N\C(=N/Cc1ccc(C2(c3ccc(-c4ccc5c(c4)C=CCC5)cc3)CCCCC2)cc1)C1=CCCC=C1)c1ccc2ccccc2c1. The van der Waals surface area contributed by atoms with Gasteiger partial charge in [-0.1, -0.05) is 147 Å². The van der Waals surface area contributed by atoms with Gasteiger partial charge in [-0.3, -0.25) is 4.99 Å². The lowest BCUT2D eigenvalue weighted by atomic mass is 9.65. The van der Waals surface area contributed by atoms with Crippen molar-refractivity contribution in [2.24, 2.45) is 15.0 Å². The summed E-state index contributed by atoms with van der Waals surface area (Å²) in [5, 5.41) is 2.34. The summed E-state index contributed by atoms with van der Waals surface area (Å²) in [6.07, 6.45) is 21.6. The molecule has 1 saturated carbocycles. The van der Waals surface area contributed by atoms with E-state index in [0.717, 1.165) is 42.2 Å². The molecule has 0 heterocycles. The second kappa shape index (κ2) is 14.8. The minimum absolute atomic E-state index is 0.0364. The summed E-state index contributed by atoms with van der Waals surface area (Å²) in [5.41, 5.74) is 11.4. The highest BCUT2D eigenvalue weighted by Crippen LogP contribution is 2.45. The molecule has 0 saturated heterocycles. The van der Waals surface area contributed by atoms with Crippen LogP contribution in [-0.2, 0) is 18.4 Å². The number of aryl methyl sites for hydroxylation is 1. The molecule has 1 fully saturated rings. The number of aliphatic imine (C=N–C) groups is 3. The highest BCUT2D eigenvalue weighted by atomic mass is 15.0. The minimum atomic E-state index is 0.0364. The summed E-state index contributed by atoms with van der Waals surface area (Å²) < 4.78 is 0. The first-order valence-corrected chi connectivity index (χ1v) is 18.6. The number of fused-ring (bicyclic) bond motifs is 2. The van der Waals surface area contributed by atoms with Gasteiger partial charge in [0.25, 0.3) is 0 Å². The third kappa shape index (κ3) is 6.99. The number of hydrogen-bond donors (Lipinski definition) is 0. The van der Waals surface area contributed by atoms with E-state index in [9.17, 15) is 0 Å². The summed E-state index contributed by atoms with van der Waals surface area (Å²) in [6.45, 7) is 4.43. The number of benzene rings is 5. The summed E-state index contributed by atoms with van der Waals surface area (Å²) >= 11 is 0. The molecule has 252 valence electrons. The van der Waals surface area contributed by atoms with Gasteiger partial charge in [0.15, 0.2) is 11.7 Å². The van der Waals surface area contributed by atoms with Crippen molar-refractivity contribution in [3.05, 3.63) is 172 Å². The number of allylic oxidation sites excluding steroid dienone is 3. The van der Waals surface area contributed by atoms with Crippen molar-refractivity contribution in [3.8, 4) is 11.1 Å². The van der Waals surface area contributed by atoms with E-state index >= 15 is 0 Å². The molecule has 3 nitrogen and oxygen atoms in total. The van der Waals surface area contributed by atoms with Crippen molar-refractivity contribution in [1.29, 1.82) is 0 Å². The molecule has 5 aromatic carbocycles. The summed E-state index contributed by atoms with van der Waals surface area (Å²) in [4.78, 5) is 14.5. The Morgan fingerprint density at radius 1 is 0.647 bits per heavy atom. The van der Waals surface area contributed by atoms with Crippen molar-refractivity contribution < 1.29 is 0 Å². The first kappa shape index (κ1) is 32.8. The maximum absolute atomic E-state index is 5.09. The first-order chi connectivity index (χ1) is 25.2. The van der Waals surface area contributed by atoms with Crippen LogP contribution in [0.2, 0.25) is 0 Å². The van der Waals surface area contributed by atoms with Crippen LogP contribution in [0, 0.1) is 0 Å². The number of rotatable bonds is 7. The summed E-state index contributed by atoms with van der Waals surface area (Å²) in [6, 6.07) is 40.3. The van der Waals surface area contributed by atoms with E-state index in [1.165, 1.54) is 76.4 Å². The molecular formula is C48H45N3. The van der Waals surface area contributed by atoms with E-state index in [-0.39, 0.29) is 5.41 Å². The second-order valence-corrected chi connectivity index (χ2v) is 14.2. The van der Waals surface area contributed by atoms with E-state index in [4.69, 9.17) is 9.98 Å². The second-order valence-electron chi connectivity index (χ2n) is 14.2. The smallest absolute Gasteiger partial charge is 0.161 e. The maximum atomic E-state index is 5.09. The van der Waals surface area contributed by atoms with Crippen LogP contribution in [0.1, 0.15) is 84.7 Å². The zero-order valence-electron chi connectivity index (χ0n) is 29.4. The summed E-state index contributed by atoms with van der Waals surface area (Å²) in [7, 11) is 0. The Bertz CT molecular complexity index is 2200. The zero-order chi connectivity index (χ0) is 34.5. The fourth-order valence-electron chi connectivity index (χ4n) is 8.17. The first-order valence-electron chi connectivity index (χ1n) is 18.6. The Labute approximate surface area is 302 Å². The van der Waals surface area contributed by atoms with Crippen LogP contribution in [0.5, 0.6) is 0 Å². The molecule has 3 aliphatic carbocycles. The largest absolute Gasteiger partial charge is 0.261 e. The Hall–Kier alpha value is -5.41. The molecule has 8 rings (SSSR count). The van der Waals surface area contributed by atoms with Gasteiger partial charge in [0.1, 0.15) is 0 Å². The van der Waals surface area contributed by atoms with E-state index in [0.29, 0.717) is 18.2 Å². The average Bonchev–Trinajstić information content (AvgIpc) is 3.21. The van der Waals surface area contributed by atoms with Crippen LogP contribution >= 0.6 is 0 Å². The number of hydrogen-bond acceptors (Lipinski definition) is 1. The van der Waals surface area contributed by atoms with Gasteiger partial charge in [0.2, 0.25) is 0 Å². The highest BCUT2D eigenvalue weighted by Gasteiger charge is 2.35. The molecule has 51 heavy (non-hydrogen) atoms. The third-order valence-electron chi connectivity index (χ3n) is 11.0. The highest BCUT2D eigenvalue weighted by molar-refractivity contribution is 6.14. The number of amidine groups is 2. The van der Waals surface area contributed by atoms with Gasteiger partial charge in [0.05, 0.1) is 6.54 Å². The molecule has 0 radical (unpaired) electrons. The van der Waals surface area contributed by atoms with E-state index in [1.807, 2.05) is 0 Å². The fourth-order valence-corrected chi connectivity index (χ4v) is 8.17. The lowest BCUT2D eigenvalue weighted by Gasteiger charge is -2.39. The lowest BCUT2D eigenvalue weighted by Crippen LogP contribution is -2.30. The Kier molecular flexibility index (Phi) is 9.53. The Morgan fingerprint density at radius 3 is 2.16 bits per heavy atom. The molecule has 5 aromatic rings. The van der Waals surface area contributed by atoms with Crippen LogP contribution in [0.4, 0.5) is 0 Å². The standard InChI is InChI=1S/C48H45N3/c1-49-46(43-23-21-37-13-7-9-17-41(37)33-43)51-47(39-14-4-2-5-15-39)50-34-35-18-26-44(27-19-35)48(30-10-3-11-31-48)45-28-24-38(25-29-45)42-22-20-36-12-6-8-16-40(36)32-42/h4,7-9,13-29,32-33H,1-3,5-6,10-12,30-31,34H2/b50-47-,51-46-. The van der Waals surface area contributed by atoms with Gasteiger partial charge in [-0.2, -0.15) is 0 Å². The van der Waals surface area contributed by atoms with Crippen LogP contribution in [-0.4, -0.2) is 18.4 Å². The Balaban J connectivity index is 1.06. The summed E-state index contributed by atoms with van der Waals surface area (Å²) in [5.74, 6) is 1.29. The molecule has 0 bridgehead atoms. The van der Waals surface area contributed by atoms with Crippen molar-refractivity contribution in [2.45, 2.75) is 69.7 Å². The topological polar surface area (TPSA) is 37.1 Å². The molecule has 0 N–H and O–H groups in total. The fraction of sp³-hybridized carbons (Fsp3) is 0.229. The predicted octanol–water partition coefficient (Wildman–Crippen LogP) is 12.0. The van der Waals surface area contributed by atoms with Crippen LogP contribution < -0.4 is 0 Å². The van der Waals surface area contributed by atoms with Crippen LogP contribution in [0.3, 0.4) is 0 Å². The third-order valence-corrected chi connectivity index (χ3v) is 11.0. The van der Waals surface area contributed by atoms with Crippen molar-refractivity contribution in [2.75, 3.05) is 0 Å². The molecule has 3 heteroatoms. The molecule has 0 amide bonds. The predicted molar refractivity (Wildman–Crippen MR) is 217 cm³/mol. The normalized spacial score (nSPS) is 17.2. The van der Waals surface area contributed by atoms with Crippen molar-refractivity contribution in [1.82, 2.24) is 0 Å². The van der Waals surface area contributed by atoms with Gasteiger partial charge in [-0.15, -0.1) is 0 Å². The molecule has 0 aliphatic heterocycles. The lowest BCUT2D eigenvalue weighted by molar-refractivity contribution is 0.346. The van der Waals surface area contributed by atoms with Crippen LogP contribution in [0.25, 0.3) is 28.0 Å². The molecule has 0 unspecified atom stereocenters. The van der Waals surface area contributed by atoms with Crippen LogP contribution in [0.15, 0.2) is 154 Å². The monoisotopic (exact) mass is 663 g/mol. The maximum Gasteiger partial charge on any atom is 0.161 e. The van der Waals surface area contributed by atoms with Crippen molar-refractivity contribution >= 4 is 35.2 Å². The van der Waals surface area contributed by atoms with Gasteiger partial charge in [-0.25, -0.2) is 9.98 Å². The van der Waals surface area contributed by atoms with E-state index in [2.05, 4.69) is 151 Å². The quantitative estimate of drug-likeness (QED) is 0.123. The van der Waals surface area contributed by atoms with E-state index in [1.54, 1.807) is 0 Å². The molecule has 3 aliphatic rings. The Morgan fingerprint density at radius 2 is 1.39 bits per heavy atom. The van der Waals surface area contributed by atoms with Gasteiger partial charge in [-0.05, 0) is 107 Å². The number of nitrogens with zero attached hydrogens (tertiary/aromatic N) is 3. The molecular weight excluding hydrogens is 619 g/mol. The van der Waals surface area contributed by atoms with Gasteiger partial charge in [0, 0.05) is 16.6 Å². The minimum Gasteiger partial charge on any atom is -0.261 e.